The highest BCUT2D eigenvalue weighted by Gasteiger charge is 2.11. The number of hydrogen-bond donors (Lipinski definition) is 2. The van der Waals surface area contributed by atoms with Gasteiger partial charge < -0.3 is 15.2 Å². The van der Waals surface area contributed by atoms with Crippen LogP contribution in [0.4, 0.5) is 5.69 Å². The molecule has 0 aliphatic rings. The molecule has 0 atom stereocenters. The standard InChI is InChI=1S/C17H20N4O2/c1-12(18)20-21-17(13-8-5-4-6-9-13)19-16-14(22-2)10-7-11-15(16)23-3/h4-11H,1-3H3,(H2,18,20)(H,19,21). The highest BCUT2D eigenvalue weighted by atomic mass is 16.5. The van der Waals surface area contributed by atoms with Gasteiger partial charge in [0.2, 0.25) is 0 Å². The molecule has 6 nitrogen and oxygen atoms in total. The fourth-order valence-electron chi connectivity index (χ4n) is 1.94. The number of hydrazone groups is 1. The maximum atomic E-state index is 5.61. The Kier molecular flexibility index (Phi) is 5.57. The molecule has 0 aliphatic carbocycles. The first-order valence-corrected chi connectivity index (χ1v) is 7.06. The van der Waals surface area contributed by atoms with Gasteiger partial charge in [-0.25, -0.2) is 4.99 Å². The van der Waals surface area contributed by atoms with Gasteiger partial charge in [0.25, 0.3) is 0 Å². The summed E-state index contributed by atoms with van der Waals surface area (Å²) in [5, 5.41) is 4.04. The molecule has 2 rings (SSSR count). The van der Waals surface area contributed by atoms with E-state index in [1.807, 2.05) is 48.5 Å². The Labute approximate surface area is 135 Å². The molecular weight excluding hydrogens is 292 g/mol. The summed E-state index contributed by atoms with van der Waals surface area (Å²) in [6.45, 7) is 1.69. The second kappa shape index (κ2) is 7.84. The summed E-state index contributed by atoms with van der Waals surface area (Å²) in [5.41, 5.74) is 9.94. The van der Waals surface area contributed by atoms with E-state index in [1.165, 1.54) is 0 Å². The van der Waals surface area contributed by atoms with Crippen LogP contribution in [0.15, 0.2) is 58.6 Å². The molecule has 2 aromatic rings. The highest BCUT2D eigenvalue weighted by Crippen LogP contribution is 2.37. The average molecular weight is 312 g/mol. The molecule has 0 fully saturated rings. The maximum Gasteiger partial charge on any atom is 0.154 e. The highest BCUT2D eigenvalue weighted by molar-refractivity contribution is 6.01. The first-order valence-electron chi connectivity index (χ1n) is 7.06. The van der Waals surface area contributed by atoms with Gasteiger partial charge in [0.1, 0.15) is 23.0 Å². The summed E-state index contributed by atoms with van der Waals surface area (Å²) in [6.07, 6.45) is 0. The molecule has 0 radical (unpaired) electrons. The fraction of sp³-hybridized carbons (Fsp3) is 0.176. The molecule has 0 amide bonds. The van der Waals surface area contributed by atoms with E-state index in [0.717, 1.165) is 5.56 Å². The SMILES string of the molecule is COc1cccc(OC)c1N=C(N/N=C(\C)N)c1ccccc1. The Morgan fingerprint density at radius 1 is 0.957 bits per heavy atom. The van der Waals surface area contributed by atoms with Crippen LogP contribution in [0.25, 0.3) is 0 Å². The van der Waals surface area contributed by atoms with Crippen LogP contribution in [0.5, 0.6) is 11.5 Å². The van der Waals surface area contributed by atoms with Crippen molar-refractivity contribution in [2.45, 2.75) is 6.92 Å². The van der Waals surface area contributed by atoms with E-state index in [9.17, 15) is 0 Å². The van der Waals surface area contributed by atoms with Crippen molar-refractivity contribution in [3.8, 4) is 11.5 Å². The Morgan fingerprint density at radius 3 is 2.09 bits per heavy atom. The van der Waals surface area contributed by atoms with Gasteiger partial charge in [-0.15, -0.1) is 0 Å². The summed E-state index contributed by atoms with van der Waals surface area (Å²) in [4.78, 5) is 4.64. The van der Waals surface area contributed by atoms with Crippen LogP contribution < -0.4 is 20.6 Å². The number of amidine groups is 2. The molecule has 0 unspecified atom stereocenters. The van der Waals surface area contributed by atoms with Crippen LogP contribution in [-0.4, -0.2) is 25.9 Å². The lowest BCUT2D eigenvalue weighted by Gasteiger charge is -2.12. The zero-order valence-electron chi connectivity index (χ0n) is 13.4. The summed E-state index contributed by atoms with van der Waals surface area (Å²) in [6, 6.07) is 15.1. The molecular formula is C17H20N4O2. The van der Waals surface area contributed by atoms with Gasteiger partial charge in [-0.05, 0) is 19.1 Å². The first kappa shape index (κ1) is 16.4. The minimum absolute atomic E-state index is 0.403. The molecule has 3 N–H and O–H groups in total. The molecule has 0 heterocycles. The second-order valence-electron chi connectivity index (χ2n) is 4.70. The van der Waals surface area contributed by atoms with E-state index in [0.29, 0.717) is 28.9 Å². The largest absolute Gasteiger partial charge is 0.494 e. The van der Waals surface area contributed by atoms with Crippen LogP contribution >= 0.6 is 0 Å². The van der Waals surface area contributed by atoms with Crippen LogP contribution in [-0.2, 0) is 0 Å². The van der Waals surface area contributed by atoms with Crippen molar-refractivity contribution in [3.05, 3.63) is 54.1 Å². The molecule has 0 spiro atoms. The molecule has 23 heavy (non-hydrogen) atoms. The van der Waals surface area contributed by atoms with E-state index >= 15 is 0 Å². The van der Waals surface area contributed by atoms with Crippen LogP contribution in [0.2, 0.25) is 0 Å². The number of ether oxygens (including phenoxy) is 2. The molecule has 0 aromatic heterocycles. The zero-order chi connectivity index (χ0) is 16.7. The molecule has 0 aliphatic heterocycles. The summed E-state index contributed by atoms with van der Waals surface area (Å²) >= 11 is 0. The number of rotatable bonds is 5. The van der Waals surface area contributed by atoms with Gasteiger partial charge in [-0.2, -0.15) is 5.10 Å². The quantitative estimate of drug-likeness (QED) is 0.505. The van der Waals surface area contributed by atoms with Crippen molar-refractivity contribution in [2.24, 2.45) is 15.8 Å². The lowest BCUT2D eigenvalue weighted by Crippen LogP contribution is -2.22. The predicted molar refractivity (Wildman–Crippen MR) is 92.6 cm³/mol. The Morgan fingerprint density at radius 2 is 1.57 bits per heavy atom. The molecule has 2 aromatic carbocycles. The van der Waals surface area contributed by atoms with Gasteiger partial charge in [0, 0.05) is 5.56 Å². The second-order valence-corrected chi connectivity index (χ2v) is 4.70. The lowest BCUT2D eigenvalue weighted by atomic mass is 10.2. The summed E-state index contributed by atoms with van der Waals surface area (Å²) in [7, 11) is 3.18. The number of nitrogens with zero attached hydrogens (tertiary/aromatic N) is 2. The molecule has 0 saturated heterocycles. The van der Waals surface area contributed by atoms with Crippen molar-refractivity contribution in [1.82, 2.24) is 5.43 Å². The Balaban J connectivity index is 2.55. The smallest absolute Gasteiger partial charge is 0.154 e. The Bertz CT molecular complexity index is 686. The van der Waals surface area contributed by atoms with Gasteiger partial charge in [0.15, 0.2) is 5.84 Å². The van der Waals surface area contributed by atoms with Crippen molar-refractivity contribution < 1.29 is 9.47 Å². The van der Waals surface area contributed by atoms with E-state index in [4.69, 9.17) is 15.2 Å². The van der Waals surface area contributed by atoms with Crippen molar-refractivity contribution in [2.75, 3.05) is 14.2 Å². The maximum absolute atomic E-state index is 5.61. The molecule has 6 heteroatoms. The third kappa shape index (κ3) is 4.23. The summed E-state index contributed by atoms with van der Waals surface area (Å²) in [5.74, 6) is 2.15. The van der Waals surface area contributed by atoms with E-state index in [-0.39, 0.29) is 0 Å². The number of methoxy groups -OCH3 is 2. The third-order valence-electron chi connectivity index (χ3n) is 3.01. The van der Waals surface area contributed by atoms with Crippen LogP contribution in [0.1, 0.15) is 12.5 Å². The van der Waals surface area contributed by atoms with Crippen LogP contribution in [0, 0.1) is 0 Å². The molecule has 0 bridgehead atoms. The lowest BCUT2D eigenvalue weighted by molar-refractivity contribution is 0.397. The first-order chi connectivity index (χ1) is 11.2. The number of nitrogens with one attached hydrogen (secondary N) is 1. The van der Waals surface area contributed by atoms with Gasteiger partial charge in [-0.3, -0.25) is 5.43 Å². The van der Waals surface area contributed by atoms with Crippen molar-refractivity contribution in [1.29, 1.82) is 0 Å². The van der Waals surface area contributed by atoms with Gasteiger partial charge >= 0.3 is 0 Å². The number of hydrogen-bond acceptors (Lipinski definition) is 4. The number of aliphatic imine (C=N–C) groups is 1. The van der Waals surface area contributed by atoms with E-state index in [2.05, 4.69) is 15.5 Å². The molecule has 120 valence electrons. The third-order valence-corrected chi connectivity index (χ3v) is 3.01. The normalized spacial score (nSPS) is 12.0. The van der Waals surface area contributed by atoms with Crippen molar-refractivity contribution >= 4 is 17.4 Å². The number of benzene rings is 2. The monoisotopic (exact) mass is 312 g/mol. The minimum Gasteiger partial charge on any atom is -0.494 e. The average Bonchev–Trinajstić information content (AvgIpc) is 2.59. The van der Waals surface area contributed by atoms with Crippen molar-refractivity contribution in [3.63, 3.8) is 0 Å². The molecule has 0 saturated carbocycles. The van der Waals surface area contributed by atoms with Gasteiger partial charge in [0.05, 0.1) is 14.2 Å². The number of para-hydroxylation sites is 1. The van der Waals surface area contributed by atoms with E-state index < -0.39 is 0 Å². The predicted octanol–water partition coefficient (Wildman–Crippen LogP) is 2.66. The Hall–Kier alpha value is -3.02. The summed E-state index contributed by atoms with van der Waals surface area (Å²) < 4.78 is 10.7. The zero-order valence-corrected chi connectivity index (χ0v) is 13.4. The topological polar surface area (TPSA) is 81.2 Å². The van der Waals surface area contributed by atoms with E-state index in [1.54, 1.807) is 21.1 Å². The minimum atomic E-state index is 0.403. The number of nitrogens with two attached hydrogens (primary N) is 1. The van der Waals surface area contributed by atoms with Crippen LogP contribution in [0.3, 0.4) is 0 Å². The van der Waals surface area contributed by atoms with Gasteiger partial charge in [-0.1, -0.05) is 36.4 Å². The fourth-order valence-corrected chi connectivity index (χ4v) is 1.94.